The zero-order valence-corrected chi connectivity index (χ0v) is 14.2. The van der Waals surface area contributed by atoms with Gasteiger partial charge in [0.1, 0.15) is 0 Å². The molecule has 0 aliphatic carbocycles. The van der Waals surface area contributed by atoms with Crippen LogP contribution in [0.3, 0.4) is 0 Å². The highest BCUT2D eigenvalue weighted by atomic mass is 16.2. The average molecular weight is 321 g/mol. The van der Waals surface area contributed by atoms with Gasteiger partial charge in [0.15, 0.2) is 0 Å². The number of benzene rings is 2. The zero-order valence-electron chi connectivity index (χ0n) is 14.2. The second kappa shape index (κ2) is 5.95. The van der Waals surface area contributed by atoms with Crippen LogP contribution in [0.15, 0.2) is 48.5 Å². The van der Waals surface area contributed by atoms with Crippen LogP contribution in [0.1, 0.15) is 23.5 Å². The summed E-state index contributed by atoms with van der Waals surface area (Å²) >= 11 is 0. The number of nitrogens with one attached hydrogen (secondary N) is 1. The quantitative estimate of drug-likeness (QED) is 0.866. The third-order valence-electron chi connectivity index (χ3n) is 5.20. The summed E-state index contributed by atoms with van der Waals surface area (Å²) in [6, 6.07) is 16.4. The van der Waals surface area contributed by atoms with E-state index in [-0.39, 0.29) is 12.1 Å². The predicted molar refractivity (Wildman–Crippen MR) is 97.8 cm³/mol. The lowest BCUT2D eigenvalue weighted by atomic mass is 9.89. The molecule has 2 aromatic carbocycles. The fraction of sp³-hybridized carbons (Fsp3) is 0.350. The number of hydrogen-bond acceptors (Lipinski definition) is 2. The molecule has 1 N–H and O–H groups in total. The number of piperidine rings is 1. The molecule has 0 saturated carbocycles. The molecule has 4 rings (SSSR count). The monoisotopic (exact) mass is 321 g/mol. The molecule has 24 heavy (non-hydrogen) atoms. The van der Waals surface area contributed by atoms with Crippen molar-refractivity contribution in [3.63, 3.8) is 0 Å². The van der Waals surface area contributed by atoms with Gasteiger partial charge < -0.3 is 10.2 Å². The van der Waals surface area contributed by atoms with E-state index < -0.39 is 0 Å². The van der Waals surface area contributed by atoms with E-state index in [0.717, 1.165) is 30.9 Å². The Morgan fingerprint density at radius 3 is 2.75 bits per heavy atom. The Hall–Kier alpha value is -2.33. The Morgan fingerprint density at radius 1 is 1.17 bits per heavy atom. The van der Waals surface area contributed by atoms with Crippen molar-refractivity contribution < 1.29 is 4.79 Å². The van der Waals surface area contributed by atoms with Crippen molar-refractivity contribution in [1.29, 1.82) is 0 Å². The number of rotatable bonds is 1. The number of fused-ring (bicyclic) bond motifs is 3. The summed E-state index contributed by atoms with van der Waals surface area (Å²) in [5.74, 6) is 0.403. The molecular weight excluding hydrogens is 298 g/mol. The first-order chi connectivity index (χ1) is 11.6. The second-order valence-electron chi connectivity index (χ2n) is 6.95. The molecule has 0 bridgehead atoms. The lowest BCUT2D eigenvalue weighted by Crippen LogP contribution is -2.48. The number of anilines is 2. The first-order valence-corrected chi connectivity index (χ1v) is 8.58. The minimum Gasteiger partial charge on any atom is -0.308 e. The smallest absolute Gasteiger partial charge is 0.308 e. The zero-order chi connectivity index (χ0) is 16.7. The summed E-state index contributed by atoms with van der Waals surface area (Å²) in [5, 5.41) is 3.06. The van der Waals surface area contributed by atoms with Gasteiger partial charge in [-0.1, -0.05) is 35.9 Å². The van der Waals surface area contributed by atoms with Crippen molar-refractivity contribution in [2.24, 2.45) is 0 Å². The SMILES string of the molecule is Cc1ccc2c(c1)[C@@H]1CN(C)CC[C@@H]1N2C(=O)Nc1ccccc1. The molecule has 2 atom stereocenters. The topological polar surface area (TPSA) is 35.6 Å². The fourth-order valence-corrected chi connectivity index (χ4v) is 4.05. The Kier molecular flexibility index (Phi) is 3.77. The predicted octanol–water partition coefficient (Wildman–Crippen LogP) is 3.83. The largest absolute Gasteiger partial charge is 0.326 e. The molecule has 1 saturated heterocycles. The number of likely N-dealkylation sites (N-methyl/N-ethyl adjacent to an activating group) is 1. The van der Waals surface area contributed by atoms with E-state index in [1.165, 1.54) is 11.1 Å². The number of aryl methyl sites for hydroxylation is 1. The van der Waals surface area contributed by atoms with Crippen LogP contribution in [0.4, 0.5) is 16.2 Å². The maximum atomic E-state index is 13.0. The summed E-state index contributed by atoms with van der Waals surface area (Å²) in [5.41, 5.74) is 4.48. The molecule has 2 aliphatic rings. The lowest BCUT2D eigenvalue weighted by Gasteiger charge is -2.36. The van der Waals surface area contributed by atoms with Gasteiger partial charge in [0.2, 0.25) is 0 Å². The number of urea groups is 1. The fourth-order valence-electron chi connectivity index (χ4n) is 4.05. The highest BCUT2D eigenvalue weighted by Gasteiger charge is 2.43. The molecule has 0 radical (unpaired) electrons. The molecule has 0 aromatic heterocycles. The van der Waals surface area contributed by atoms with Crippen LogP contribution >= 0.6 is 0 Å². The molecule has 2 heterocycles. The maximum absolute atomic E-state index is 13.0. The van der Waals surface area contributed by atoms with Crippen LogP contribution in [-0.2, 0) is 0 Å². The van der Waals surface area contributed by atoms with Crippen molar-refractivity contribution in [2.45, 2.75) is 25.3 Å². The summed E-state index contributed by atoms with van der Waals surface area (Å²) in [6.45, 7) is 4.16. The Balaban J connectivity index is 1.68. The molecule has 4 nitrogen and oxygen atoms in total. The summed E-state index contributed by atoms with van der Waals surface area (Å²) < 4.78 is 0. The van der Waals surface area contributed by atoms with E-state index in [1.54, 1.807) is 0 Å². The van der Waals surface area contributed by atoms with E-state index in [9.17, 15) is 4.79 Å². The van der Waals surface area contributed by atoms with Crippen molar-refractivity contribution in [2.75, 3.05) is 30.4 Å². The number of amides is 2. The van der Waals surface area contributed by atoms with Crippen LogP contribution in [0, 0.1) is 6.92 Å². The highest BCUT2D eigenvalue weighted by molar-refractivity contribution is 6.04. The van der Waals surface area contributed by atoms with Gasteiger partial charge in [-0.2, -0.15) is 0 Å². The van der Waals surface area contributed by atoms with Crippen LogP contribution < -0.4 is 10.2 Å². The Bertz CT molecular complexity index is 759. The molecule has 2 aromatic rings. The number of likely N-dealkylation sites (tertiary alicyclic amines) is 1. The maximum Gasteiger partial charge on any atom is 0.326 e. The number of hydrogen-bond donors (Lipinski definition) is 1. The van der Waals surface area contributed by atoms with Crippen LogP contribution in [0.25, 0.3) is 0 Å². The summed E-state index contributed by atoms with van der Waals surface area (Å²) in [4.78, 5) is 17.4. The van der Waals surface area contributed by atoms with Gasteiger partial charge in [0, 0.05) is 29.9 Å². The van der Waals surface area contributed by atoms with Gasteiger partial charge >= 0.3 is 6.03 Å². The lowest BCUT2D eigenvalue weighted by molar-refractivity contribution is 0.224. The molecule has 2 amide bonds. The van der Waals surface area contributed by atoms with E-state index >= 15 is 0 Å². The van der Waals surface area contributed by atoms with E-state index in [4.69, 9.17) is 0 Å². The number of carbonyl (C=O) groups excluding carboxylic acids is 1. The molecule has 0 spiro atoms. The molecule has 0 unspecified atom stereocenters. The van der Waals surface area contributed by atoms with Gasteiger partial charge in [0.05, 0.1) is 0 Å². The minimum absolute atomic E-state index is 0.0247. The highest BCUT2D eigenvalue weighted by Crippen LogP contribution is 2.45. The normalized spacial score (nSPS) is 22.8. The number of nitrogens with zero attached hydrogens (tertiary/aromatic N) is 2. The first kappa shape index (κ1) is 15.2. The van der Waals surface area contributed by atoms with Gasteiger partial charge in [-0.25, -0.2) is 4.79 Å². The molecule has 4 heteroatoms. The third kappa shape index (κ3) is 2.57. The van der Waals surface area contributed by atoms with Crippen LogP contribution in [0.5, 0.6) is 0 Å². The van der Waals surface area contributed by atoms with Gasteiger partial charge in [-0.3, -0.25) is 4.90 Å². The summed E-state index contributed by atoms with van der Waals surface area (Å²) in [7, 11) is 2.17. The standard InChI is InChI=1S/C20H23N3O/c1-14-8-9-18-16(12-14)17-13-22(2)11-10-19(17)23(18)20(24)21-15-6-4-3-5-7-15/h3-9,12,17,19H,10-11,13H2,1-2H3,(H,21,24)/t17-,19-/m0/s1. The van der Waals surface area contributed by atoms with Crippen molar-refractivity contribution >= 4 is 17.4 Å². The average Bonchev–Trinajstić information content (AvgIpc) is 2.89. The van der Waals surface area contributed by atoms with Crippen LogP contribution in [-0.4, -0.2) is 37.1 Å². The van der Waals surface area contributed by atoms with Crippen molar-refractivity contribution in [3.05, 3.63) is 59.7 Å². The van der Waals surface area contributed by atoms with E-state index in [2.05, 4.69) is 42.4 Å². The second-order valence-corrected chi connectivity index (χ2v) is 6.95. The molecular formula is C20H23N3O. The van der Waals surface area contributed by atoms with Gasteiger partial charge in [-0.05, 0) is 50.7 Å². The van der Waals surface area contributed by atoms with Crippen molar-refractivity contribution in [3.8, 4) is 0 Å². The Morgan fingerprint density at radius 2 is 1.96 bits per heavy atom. The first-order valence-electron chi connectivity index (χ1n) is 8.58. The number of para-hydroxylation sites is 1. The Labute approximate surface area is 143 Å². The molecule has 2 aliphatic heterocycles. The summed E-state index contributed by atoms with van der Waals surface area (Å²) in [6.07, 6.45) is 1.01. The third-order valence-corrected chi connectivity index (χ3v) is 5.20. The van der Waals surface area contributed by atoms with Gasteiger partial charge in [0.25, 0.3) is 0 Å². The van der Waals surface area contributed by atoms with Gasteiger partial charge in [-0.15, -0.1) is 0 Å². The van der Waals surface area contributed by atoms with Crippen LogP contribution in [0.2, 0.25) is 0 Å². The van der Waals surface area contributed by atoms with E-state index in [0.29, 0.717) is 5.92 Å². The number of carbonyl (C=O) groups is 1. The van der Waals surface area contributed by atoms with Crippen molar-refractivity contribution in [1.82, 2.24) is 4.90 Å². The molecule has 124 valence electrons. The molecule has 1 fully saturated rings. The van der Waals surface area contributed by atoms with E-state index in [1.807, 2.05) is 35.2 Å². The minimum atomic E-state index is -0.0247.